The number of nitrogens with zero attached hydrogens (tertiary/aromatic N) is 1. The molecule has 112 valence electrons. The molecule has 2 unspecified atom stereocenters. The van der Waals surface area contributed by atoms with Gasteiger partial charge in [0, 0.05) is 30.9 Å². The lowest BCUT2D eigenvalue weighted by atomic mass is 9.84. The molecular formula is C16H24BrFN2. The van der Waals surface area contributed by atoms with Crippen LogP contribution in [0.1, 0.15) is 33.3 Å². The molecule has 0 aliphatic carbocycles. The molecule has 2 rings (SSSR count). The summed E-state index contributed by atoms with van der Waals surface area (Å²) in [5, 5.41) is 3.63. The Hall–Kier alpha value is -0.610. The van der Waals surface area contributed by atoms with Crippen LogP contribution in [0.25, 0.3) is 0 Å². The Morgan fingerprint density at radius 3 is 2.60 bits per heavy atom. The number of rotatable bonds is 1. The Balaban J connectivity index is 2.32. The first-order valence-corrected chi connectivity index (χ1v) is 7.95. The average Bonchev–Trinajstić information content (AvgIpc) is 2.33. The number of halogens is 2. The fourth-order valence-electron chi connectivity index (χ4n) is 2.73. The number of hydrogen-bond donors (Lipinski definition) is 1. The van der Waals surface area contributed by atoms with Crippen molar-refractivity contribution >= 4 is 21.6 Å². The maximum absolute atomic E-state index is 13.6. The second-order valence-electron chi connectivity index (χ2n) is 6.88. The highest BCUT2D eigenvalue weighted by atomic mass is 79.9. The van der Waals surface area contributed by atoms with Gasteiger partial charge in [-0.05, 0) is 52.9 Å². The molecule has 1 aromatic rings. The summed E-state index contributed by atoms with van der Waals surface area (Å²) >= 11 is 3.30. The molecule has 1 saturated heterocycles. The molecular weight excluding hydrogens is 319 g/mol. The molecule has 4 heteroatoms. The Morgan fingerprint density at radius 1 is 1.35 bits per heavy atom. The zero-order valence-corrected chi connectivity index (χ0v) is 14.5. The van der Waals surface area contributed by atoms with Crippen LogP contribution >= 0.6 is 15.9 Å². The Labute approximate surface area is 129 Å². The molecule has 0 spiro atoms. The first kappa shape index (κ1) is 15.8. The highest BCUT2D eigenvalue weighted by molar-refractivity contribution is 9.10. The van der Waals surface area contributed by atoms with Crippen LogP contribution in [0.5, 0.6) is 0 Å². The predicted molar refractivity (Wildman–Crippen MR) is 86.9 cm³/mol. The van der Waals surface area contributed by atoms with Crippen molar-refractivity contribution in [2.24, 2.45) is 5.41 Å². The first-order valence-electron chi connectivity index (χ1n) is 7.16. The van der Waals surface area contributed by atoms with Crippen LogP contribution in [0.2, 0.25) is 0 Å². The van der Waals surface area contributed by atoms with Crippen molar-refractivity contribution in [1.29, 1.82) is 0 Å². The van der Waals surface area contributed by atoms with Crippen LogP contribution in [-0.4, -0.2) is 25.2 Å². The third kappa shape index (κ3) is 3.17. The van der Waals surface area contributed by atoms with Gasteiger partial charge in [-0.25, -0.2) is 4.39 Å². The van der Waals surface area contributed by atoms with Crippen molar-refractivity contribution in [3.8, 4) is 0 Å². The summed E-state index contributed by atoms with van der Waals surface area (Å²) in [5.74, 6) is -0.193. The van der Waals surface area contributed by atoms with Gasteiger partial charge in [0.25, 0.3) is 0 Å². The molecule has 1 N–H and O–H groups in total. The fraction of sp³-hybridized carbons (Fsp3) is 0.625. The molecule has 2 atom stereocenters. The van der Waals surface area contributed by atoms with E-state index in [9.17, 15) is 4.39 Å². The van der Waals surface area contributed by atoms with E-state index in [-0.39, 0.29) is 11.2 Å². The summed E-state index contributed by atoms with van der Waals surface area (Å²) in [5.41, 5.74) is 2.33. The maximum Gasteiger partial charge on any atom is 0.137 e. The van der Waals surface area contributed by atoms with Crippen LogP contribution in [0.4, 0.5) is 10.1 Å². The van der Waals surface area contributed by atoms with Gasteiger partial charge in [0.1, 0.15) is 5.82 Å². The third-order valence-corrected chi connectivity index (χ3v) is 4.77. The third-order valence-electron chi connectivity index (χ3n) is 4.16. The van der Waals surface area contributed by atoms with Crippen LogP contribution in [0, 0.1) is 18.2 Å². The van der Waals surface area contributed by atoms with Crippen LogP contribution in [0.3, 0.4) is 0 Å². The smallest absolute Gasteiger partial charge is 0.137 e. The summed E-state index contributed by atoms with van der Waals surface area (Å²) in [7, 11) is 0. The van der Waals surface area contributed by atoms with Crippen molar-refractivity contribution in [1.82, 2.24) is 5.32 Å². The van der Waals surface area contributed by atoms with Gasteiger partial charge in [0.05, 0.1) is 4.47 Å². The summed E-state index contributed by atoms with van der Waals surface area (Å²) in [6.45, 7) is 12.9. The zero-order valence-electron chi connectivity index (χ0n) is 12.9. The quantitative estimate of drug-likeness (QED) is 0.826. The summed E-state index contributed by atoms with van der Waals surface area (Å²) in [4.78, 5) is 2.39. The number of hydrogen-bond acceptors (Lipinski definition) is 2. The molecule has 0 saturated carbocycles. The lowest BCUT2D eigenvalue weighted by molar-refractivity contribution is 0.239. The normalized spacial score (nSPS) is 24.1. The average molecular weight is 343 g/mol. The Morgan fingerprint density at radius 2 is 2.00 bits per heavy atom. The standard InChI is InChI=1S/C16H24BrFN2/c1-10-6-13(18)12(17)7-14(10)20-9-15(16(3,4)5)19-8-11(20)2/h6-7,11,15,19H,8-9H2,1-5H3. The van der Waals surface area contributed by atoms with E-state index in [1.807, 2.05) is 13.0 Å². The first-order chi connectivity index (χ1) is 9.20. The van der Waals surface area contributed by atoms with Crippen molar-refractivity contribution in [2.75, 3.05) is 18.0 Å². The topological polar surface area (TPSA) is 15.3 Å². The predicted octanol–water partition coefficient (Wildman–Crippen LogP) is 4.11. The number of piperazine rings is 1. The van der Waals surface area contributed by atoms with E-state index in [0.717, 1.165) is 24.3 Å². The molecule has 1 fully saturated rings. The molecule has 1 heterocycles. The highest BCUT2D eigenvalue weighted by Crippen LogP contribution is 2.32. The van der Waals surface area contributed by atoms with E-state index in [2.05, 4.69) is 53.8 Å². The van der Waals surface area contributed by atoms with E-state index in [0.29, 0.717) is 16.6 Å². The van der Waals surface area contributed by atoms with E-state index >= 15 is 0 Å². The van der Waals surface area contributed by atoms with Crippen LogP contribution in [0.15, 0.2) is 16.6 Å². The number of anilines is 1. The van der Waals surface area contributed by atoms with E-state index in [4.69, 9.17) is 0 Å². The van der Waals surface area contributed by atoms with Crippen molar-refractivity contribution < 1.29 is 4.39 Å². The molecule has 1 aromatic carbocycles. The van der Waals surface area contributed by atoms with Crippen molar-refractivity contribution in [2.45, 2.75) is 46.7 Å². The van der Waals surface area contributed by atoms with E-state index < -0.39 is 0 Å². The van der Waals surface area contributed by atoms with Gasteiger partial charge in [-0.15, -0.1) is 0 Å². The van der Waals surface area contributed by atoms with Crippen LogP contribution < -0.4 is 10.2 Å². The van der Waals surface area contributed by atoms with E-state index in [1.54, 1.807) is 6.07 Å². The summed E-state index contributed by atoms with van der Waals surface area (Å²) < 4.78 is 14.2. The number of aryl methyl sites for hydroxylation is 1. The Kier molecular flexibility index (Phi) is 4.45. The molecule has 0 radical (unpaired) electrons. The van der Waals surface area contributed by atoms with Gasteiger partial charge in [-0.2, -0.15) is 0 Å². The lowest BCUT2D eigenvalue weighted by Gasteiger charge is -2.45. The Bertz CT molecular complexity index is 496. The monoisotopic (exact) mass is 342 g/mol. The van der Waals surface area contributed by atoms with Gasteiger partial charge in [-0.1, -0.05) is 20.8 Å². The van der Waals surface area contributed by atoms with Gasteiger partial charge >= 0.3 is 0 Å². The molecule has 1 aliphatic heterocycles. The van der Waals surface area contributed by atoms with Crippen molar-refractivity contribution in [3.63, 3.8) is 0 Å². The molecule has 2 nitrogen and oxygen atoms in total. The van der Waals surface area contributed by atoms with Gasteiger partial charge in [0.15, 0.2) is 0 Å². The summed E-state index contributed by atoms with van der Waals surface area (Å²) in [6.07, 6.45) is 0. The van der Waals surface area contributed by atoms with Crippen LogP contribution in [-0.2, 0) is 0 Å². The second-order valence-corrected chi connectivity index (χ2v) is 7.74. The van der Waals surface area contributed by atoms with Crippen molar-refractivity contribution in [3.05, 3.63) is 28.0 Å². The zero-order chi connectivity index (χ0) is 15.1. The molecule has 0 aromatic heterocycles. The van der Waals surface area contributed by atoms with Gasteiger partial charge < -0.3 is 10.2 Å². The van der Waals surface area contributed by atoms with Gasteiger partial charge in [0.2, 0.25) is 0 Å². The minimum absolute atomic E-state index is 0.193. The lowest BCUT2D eigenvalue weighted by Crippen LogP contribution is -2.59. The SMILES string of the molecule is Cc1cc(F)c(Br)cc1N1CC(C(C)(C)C)NCC1C. The minimum Gasteiger partial charge on any atom is -0.366 e. The molecule has 0 amide bonds. The molecule has 0 bridgehead atoms. The fourth-order valence-corrected chi connectivity index (χ4v) is 3.06. The second kappa shape index (κ2) is 5.64. The van der Waals surface area contributed by atoms with E-state index in [1.165, 1.54) is 0 Å². The highest BCUT2D eigenvalue weighted by Gasteiger charge is 2.33. The number of benzene rings is 1. The largest absolute Gasteiger partial charge is 0.366 e. The maximum atomic E-state index is 13.6. The summed E-state index contributed by atoms with van der Waals surface area (Å²) in [6, 6.07) is 4.36. The molecule has 1 aliphatic rings. The van der Waals surface area contributed by atoms with Gasteiger partial charge in [-0.3, -0.25) is 0 Å². The number of nitrogens with one attached hydrogen (secondary N) is 1. The minimum atomic E-state index is -0.193. The molecule has 20 heavy (non-hydrogen) atoms.